The molecule has 0 saturated heterocycles. The van der Waals surface area contributed by atoms with Crippen molar-refractivity contribution < 1.29 is 19.1 Å². The molecule has 3 aromatic rings. The van der Waals surface area contributed by atoms with Gasteiger partial charge >= 0.3 is 0 Å². The van der Waals surface area contributed by atoms with Crippen molar-refractivity contribution in [3.8, 4) is 11.5 Å². The number of rotatable bonds is 6. The van der Waals surface area contributed by atoms with Crippen LogP contribution in [-0.2, 0) is 9.59 Å². The number of anilines is 2. The smallest absolute Gasteiger partial charge is 0.246 e. The van der Waals surface area contributed by atoms with Crippen molar-refractivity contribution in [3.05, 3.63) is 71.7 Å². The second-order valence-electron chi connectivity index (χ2n) is 7.29. The number of ether oxygens (including phenoxy) is 2. The molecule has 8 heteroatoms. The zero-order valence-corrected chi connectivity index (χ0v) is 18.6. The van der Waals surface area contributed by atoms with E-state index < -0.39 is 0 Å². The number of fused-ring (bicyclic) bond motifs is 1. The van der Waals surface area contributed by atoms with Crippen LogP contribution >= 0.6 is 11.3 Å². The van der Waals surface area contributed by atoms with Crippen LogP contribution in [0.15, 0.2) is 66.1 Å². The van der Waals surface area contributed by atoms with Gasteiger partial charge in [0.15, 0.2) is 22.7 Å². The van der Waals surface area contributed by atoms with Crippen LogP contribution in [0.2, 0.25) is 0 Å². The van der Waals surface area contributed by atoms with E-state index in [0.717, 1.165) is 5.69 Å². The third-order valence-corrected chi connectivity index (χ3v) is 5.69. The van der Waals surface area contributed by atoms with Gasteiger partial charge in [-0.3, -0.25) is 14.5 Å². The minimum absolute atomic E-state index is 0.131. The van der Waals surface area contributed by atoms with Crippen molar-refractivity contribution in [2.75, 3.05) is 25.1 Å². The molecule has 2 aromatic carbocycles. The first-order valence-corrected chi connectivity index (χ1v) is 11.0. The monoisotopic (exact) mass is 449 g/mol. The lowest BCUT2D eigenvalue weighted by Gasteiger charge is -2.29. The van der Waals surface area contributed by atoms with Crippen molar-refractivity contribution in [1.82, 2.24) is 9.88 Å². The highest BCUT2D eigenvalue weighted by atomic mass is 32.1. The Labute approximate surface area is 190 Å². The Morgan fingerprint density at radius 1 is 1.12 bits per heavy atom. The fourth-order valence-electron chi connectivity index (χ4n) is 3.29. The molecule has 1 aliphatic rings. The van der Waals surface area contributed by atoms with Crippen LogP contribution in [0.5, 0.6) is 11.5 Å². The molecule has 164 valence electrons. The van der Waals surface area contributed by atoms with Crippen molar-refractivity contribution in [2.45, 2.75) is 13.0 Å². The van der Waals surface area contributed by atoms with Crippen molar-refractivity contribution in [1.29, 1.82) is 0 Å². The van der Waals surface area contributed by atoms with E-state index in [0.29, 0.717) is 35.5 Å². The van der Waals surface area contributed by atoms with Gasteiger partial charge in [-0.25, -0.2) is 4.98 Å². The van der Waals surface area contributed by atoms with Crippen molar-refractivity contribution in [3.63, 3.8) is 0 Å². The number of carbonyl (C=O) groups is 2. The van der Waals surface area contributed by atoms with E-state index in [1.807, 2.05) is 60.0 Å². The molecule has 0 aliphatic carbocycles. The lowest BCUT2D eigenvalue weighted by Crippen LogP contribution is -2.41. The lowest BCUT2D eigenvalue weighted by molar-refractivity contribution is -0.126. The zero-order chi connectivity index (χ0) is 22.5. The van der Waals surface area contributed by atoms with Crippen LogP contribution in [0.4, 0.5) is 10.8 Å². The van der Waals surface area contributed by atoms with Crippen LogP contribution in [-0.4, -0.2) is 48.0 Å². The highest BCUT2D eigenvalue weighted by molar-refractivity contribution is 7.14. The Bertz CT molecular complexity index is 1130. The van der Waals surface area contributed by atoms with E-state index in [2.05, 4.69) is 4.98 Å². The number of thiazole rings is 1. The van der Waals surface area contributed by atoms with Crippen molar-refractivity contribution >= 4 is 40.0 Å². The first-order valence-electron chi connectivity index (χ1n) is 10.1. The minimum atomic E-state index is -0.242. The molecule has 7 nitrogen and oxygen atoms in total. The van der Waals surface area contributed by atoms with Gasteiger partial charge < -0.3 is 14.4 Å². The summed E-state index contributed by atoms with van der Waals surface area (Å²) < 4.78 is 11.6. The molecular formula is C24H23N3O4S. The highest BCUT2D eigenvalue weighted by Gasteiger charge is 2.23. The summed E-state index contributed by atoms with van der Waals surface area (Å²) >= 11 is 1.34. The molecular weight excluding hydrogens is 426 g/mol. The van der Waals surface area contributed by atoms with E-state index in [9.17, 15) is 9.59 Å². The van der Waals surface area contributed by atoms with Gasteiger partial charge in [0.2, 0.25) is 11.8 Å². The van der Waals surface area contributed by atoms with Crippen LogP contribution in [0.25, 0.3) is 6.08 Å². The van der Waals surface area contributed by atoms with E-state index in [4.69, 9.17) is 9.47 Å². The minimum Gasteiger partial charge on any atom is -0.486 e. The summed E-state index contributed by atoms with van der Waals surface area (Å²) in [6, 6.07) is 16.8. The maximum absolute atomic E-state index is 12.6. The second-order valence-corrected chi connectivity index (χ2v) is 8.13. The lowest BCUT2D eigenvalue weighted by atomic mass is 10.2. The number of hydrogen-bond acceptors (Lipinski definition) is 6. The molecule has 0 N–H and O–H groups in total. The molecule has 0 fully saturated rings. The first-order chi connectivity index (χ1) is 15.5. The number of para-hydroxylation sites is 3. The number of benzene rings is 2. The van der Waals surface area contributed by atoms with Gasteiger partial charge in [0.25, 0.3) is 0 Å². The molecule has 32 heavy (non-hydrogen) atoms. The molecule has 1 unspecified atom stereocenters. The fourth-order valence-corrected chi connectivity index (χ4v) is 4.15. The Morgan fingerprint density at radius 3 is 2.59 bits per heavy atom. The summed E-state index contributed by atoms with van der Waals surface area (Å²) in [7, 11) is 1.72. The summed E-state index contributed by atoms with van der Waals surface area (Å²) in [5, 5.41) is 2.36. The van der Waals surface area contributed by atoms with E-state index in [1.165, 1.54) is 24.3 Å². The average Bonchev–Trinajstić information content (AvgIpc) is 3.26. The van der Waals surface area contributed by atoms with Gasteiger partial charge in [0.1, 0.15) is 6.61 Å². The topological polar surface area (TPSA) is 72.0 Å². The van der Waals surface area contributed by atoms with Crippen molar-refractivity contribution in [2.24, 2.45) is 0 Å². The predicted octanol–water partition coefficient (Wildman–Crippen LogP) is 4.14. The normalized spacial score (nSPS) is 14.9. The molecule has 2 amide bonds. The molecule has 1 aliphatic heterocycles. The zero-order valence-electron chi connectivity index (χ0n) is 17.8. The van der Waals surface area contributed by atoms with Crippen LogP contribution in [0.3, 0.4) is 0 Å². The van der Waals surface area contributed by atoms with Crippen LogP contribution in [0, 0.1) is 0 Å². The van der Waals surface area contributed by atoms with Gasteiger partial charge in [-0.05, 0) is 30.3 Å². The van der Waals surface area contributed by atoms with Gasteiger partial charge in [-0.1, -0.05) is 30.3 Å². The summed E-state index contributed by atoms with van der Waals surface area (Å²) in [6.07, 6.45) is 2.88. The van der Waals surface area contributed by atoms with Crippen LogP contribution < -0.4 is 14.4 Å². The van der Waals surface area contributed by atoms with E-state index in [1.54, 1.807) is 22.9 Å². The standard InChI is InChI=1S/C24H23N3O4S/c1-17(28)27(19-8-4-3-5-9-19)24-25-18(16-32-24)12-13-23(29)26(2)14-20-15-30-21-10-6-7-11-22(21)31-20/h3-13,16,20H,14-15H2,1-2H3/b13-12+. The number of likely N-dealkylation sites (N-methyl/N-ethyl adjacent to an activating group) is 1. The molecule has 0 bridgehead atoms. The average molecular weight is 450 g/mol. The predicted molar refractivity (Wildman–Crippen MR) is 124 cm³/mol. The molecule has 1 atom stereocenters. The Balaban J connectivity index is 1.38. The summed E-state index contributed by atoms with van der Waals surface area (Å²) in [4.78, 5) is 32.4. The van der Waals surface area contributed by atoms with Gasteiger partial charge in [-0.2, -0.15) is 0 Å². The molecule has 4 rings (SSSR count). The maximum atomic E-state index is 12.6. The van der Waals surface area contributed by atoms with Gasteiger partial charge in [0.05, 0.1) is 17.9 Å². The molecule has 2 heterocycles. The largest absolute Gasteiger partial charge is 0.486 e. The summed E-state index contributed by atoms with van der Waals surface area (Å²) in [6.45, 7) is 2.28. The number of nitrogens with zero attached hydrogens (tertiary/aromatic N) is 3. The first kappa shape index (κ1) is 21.6. The molecule has 0 radical (unpaired) electrons. The third kappa shape index (κ3) is 4.97. The SMILES string of the molecule is CC(=O)N(c1ccccc1)c1nc(/C=C/C(=O)N(C)CC2COc3ccccc3O2)cs1. The van der Waals surface area contributed by atoms with Gasteiger partial charge in [-0.15, -0.1) is 11.3 Å². The number of amides is 2. The number of aromatic nitrogens is 1. The highest BCUT2D eigenvalue weighted by Crippen LogP contribution is 2.31. The fraction of sp³-hybridized carbons (Fsp3) is 0.208. The second kappa shape index (κ2) is 9.65. The number of carbonyl (C=O) groups excluding carboxylic acids is 2. The quantitative estimate of drug-likeness (QED) is 0.529. The van der Waals surface area contributed by atoms with E-state index in [-0.39, 0.29) is 17.9 Å². The molecule has 0 spiro atoms. The summed E-state index contributed by atoms with van der Waals surface area (Å²) in [5.74, 6) is 1.09. The Morgan fingerprint density at radius 2 is 1.84 bits per heavy atom. The maximum Gasteiger partial charge on any atom is 0.246 e. The molecule has 1 aromatic heterocycles. The van der Waals surface area contributed by atoms with Gasteiger partial charge in [0, 0.05) is 25.4 Å². The Kier molecular flexibility index (Phi) is 6.51. The third-order valence-electron chi connectivity index (χ3n) is 4.85. The number of hydrogen-bond donors (Lipinski definition) is 0. The Hall–Kier alpha value is -3.65. The van der Waals surface area contributed by atoms with Crippen LogP contribution in [0.1, 0.15) is 12.6 Å². The van der Waals surface area contributed by atoms with E-state index >= 15 is 0 Å². The summed E-state index contributed by atoms with van der Waals surface area (Å²) in [5.41, 5.74) is 1.36. The molecule has 0 saturated carbocycles.